The third-order valence-electron chi connectivity index (χ3n) is 3.30. The van der Waals surface area contributed by atoms with Crippen LogP contribution >= 0.6 is 35.0 Å². The second kappa shape index (κ2) is 7.25. The highest BCUT2D eigenvalue weighted by Gasteiger charge is 2.19. The van der Waals surface area contributed by atoms with Gasteiger partial charge in [-0.05, 0) is 29.8 Å². The van der Waals surface area contributed by atoms with Gasteiger partial charge in [0, 0.05) is 35.2 Å². The summed E-state index contributed by atoms with van der Waals surface area (Å²) < 4.78 is 2.00. The Bertz CT molecular complexity index is 793. The van der Waals surface area contributed by atoms with Crippen molar-refractivity contribution in [1.82, 2.24) is 14.5 Å². The molecule has 0 spiro atoms. The van der Waals surface area contributed by atoms with E-state index < -0.39 is 0 Å². The van der Waals surface area contributed by atoms with E-state index in [4.69, 9.17) is 28.9 Å². The molecule has 1 aromatic carbocycles. The zero-order valence-electron chi connectivity index (χ0n) is 12.1. The predicted molar refractivity (Wildman–Crippen MR) is 95.9 cm³/mol. The van der Waals surface area contributed by atoms with Crippen LogP contribution in [0.3, 0.4) is 0 Å². The van der Waals surface area contributed by atoms with Crippen LogP contribution in [-0.2, 0) is 6.54 Å². The van der Waals surface area contributed by atoms with Crippen LogP contribution < -0.4 is 5.73 Å². The fourth-order valence-electron chi connectivity index (χ4n) is 2.18. The third kappa shape index (κ3) is 3.99. The Kier molecular flexibility index (Phi) is 5.10. The third-order valence-corrected chi connectivity index (χ3v) is 5.11. The van der Waals surface area contributed by atoms with E-state index in [1.54, 1.807) is 36.5 Å². The monoisotopic (exact) mass is 364 g/mol. The lowest BCUT2D eigenvalue weighted by atomic mass is 10.1. The maximum atomic E-state index is 6.40. The standard InChI is InChI=1S/C16H14Cl2N4S/c17-11-3-4-12(13(18)8-11)15(9-22-7-6-20-10-22)23-16-14(19)2-1-5-21-16/h1-8,10,15H,9,19H2. The number of hydrogen-bond acceptors (Lipinski definition) is 4. The summed E-state index contributed by atoms with van der Waals surface area (Å²) in [6.45, 7) is 0.696. The topological polar surface area (TPSA) is 56.7 Å². The predicted octanol–water partition coefficient (Wildman–Crippen LogP) is 4.70. The van der Waals surface area contributed by atoms with Crippen molar-refractivity contribution < 1.29 is 0 Å². The molecular formula is C16H14Cl2N4S. The lowest BCUT2D eigenvalue weighted by Crippen LogP contribution is -2.06. The van der Waals surface area contributed by atoms with Crippen molar-refractivity contribution in [3.63, 3.8) is 0 Å². The van der Waals surface area contributed by atoms with Gasteiger partial charge >= 0.3 is 0 Å². The maximum Gasteiger partial charge on any atom is 0.120 e. The van der Waals surface area contributed by atoms with Crippen LogP contribution in [0.15, 0.2) is 60.3 Å². The SMILES string of the molecule is Nc1cccnc1SC(Cn1ccnc1)c1ccc(Cl)cc1Cl. The maximum absolute atomic E-state index is 6.40. The highest BCUT2D eigenvalue weighted by atomic mass is 35.5. The first-order valence-electron chi connectivity index (χ1n) is 6.91. The van der Waals surface area contributed by atoms with Gasteiger partial charge < -0.3 is 10.3 Å². The molecule has 0 amide bonds. The smallest absolute Gasteiger partial charge is 0.120 e. The summed E-state index contributed by atoms with van der Waals surface area (Å²) in [7, 11) is 0. The molecule has 0 saturated heterocycles. The molecule has 0 fully saturated rings. The van der Waals surface area contributed by atoms with Gasteiger partial charge in [0.05, 0.1) is 17.3 Å². The molecule has 3 rings (SSSR count). The van der Waals surface area contributed by atoms with Gasteiger partial charge in [0.2, 0.25) is 0 Å². The minimum absolute atomic E-state index is 0.0335. The number of aromatic nitrogens is 3. The number of pyridine rings is 1. The Morgan fingerprint density at radius 1 is 1.22 bits per heavy atom. The normalized spacial score (nSPS) is 12.3. The van der Waals surface area contributed by atoms with Gasteiger partial charge in [-0.15, -0.1) is 0 Å². The van der Waals surface area contributed by atoms with E-state index in [9.17, 15) is 0 Å². The molecule has 118 valence electrons. The Balaban J connectivity index is 1.94. The molecule has 0 aliphatic carbocycles. The highest BCUT2D eigenvalue weighted by molar-refractivity contribution is 7.99. The second-order valence-electron chi connectivity index (χ2n) is 4.93. The van der Waals surface area contributed by atoms with E-state index in [1.807, 2.05) is 35.0 Å². The second-order valence-corrected chi connectivity index (χ2v) is 6.96. The van der Waals surface area contributed by atoms with Crippen LogP contribution in [0.4, 0.5) is 5.69 Å². The summed E-state index contributed by atoms with van der Waals surface area (Å²) in [6.07, 6.45) is 7.18. The fourth-order valence-corrected chi connectivity index (χ4v) is 3.96. The van der Waals surface area contributed by atoms with Crippen LogP contribution in [0.2, 0.25) is 10.0 Å². The van der Waals surface area contributed by atoms with Crippen molar-refractivity contribution in [1.29, 1.82) is 0 Å². The summed E-state index contributed by atoms with van der Waals surface area (Å²) in [6, 6.07) is 9.19. The number of rotatable bonds is 5. The molecule has 1 atom stereocenters. The minimum Gasteiger partial charge on any atom is -0.397 e. The molecule has 3 aromatic rings. The van der Waals surface area contributed by atoms with Gasteiger partial charge in [0.1, 0.15) is 5.03 Å². The molecule has 0 bridgehead atoms. The Morgan fingerprint density at radius 3 is 2.78 bits per heavy atom. The van der Waals surface area contributed by atoms with Crippen LogP contribution in [-0.4, -0.2) is 14.5 Å². The summed E-state index contributed by atoms with van der Waals surface area (Å²) in [5, 5.41) is 2.06. The summed E-state index contributed by atoms with van der Waals surface area (Å²) in [4.78, 5) is 8.45. The number of nitrogens with zero attached hydrogens (tertiary/aromatic N) is 3. The molecule has 0 saturated carbocycles. The van der Waals surface area contributed by atoms with Gasteiger partial charge in [-0.2, -0.15) is 0 Å². The van der Waals surface area contributed by atoms with Crippen molar-refractivity contribution in [3.8, 4) is 0 Å². The van der Waals surface area contributed by atoms with E-state index >= 15 is 0 Å². The molecule has 2 N–H and O–H groups in total. The number of anilines is 1. The lowest BCUT2D eigenvalue weighted by Gasteiger charge is -2.19. The summed E-state index contributed by atoms with van der Waals surface area (Å²) in [5.74, 6) is 0. The minimum atomic E-state index is 0.0335. The Labute approximate surface area is 148 Å². The van der Waals surface area contributed by atoms with Crippen molar-refractivity contribution in [3.05, 3.63) is 70.9 Å². The van der Waals surface area contributed by atoms with E-state index in [1.165, 1.54) is 0 Å². The molecule has 0 radical (unpaired) electrons. The molecule has 4 nitrogen and oxygen atoms in total. The van der Waals surface area contributed by atoms with Crippen LogP contribution in [0, 0.1) is 0 Å². The lowest BCUT2D eigenvalue weighted by molar-refractivity contribution is 0.683. The average Bonchev–Trinajstić information content (AvgIpc) is 3.02. The molecule has 2 heterocycles. The van der Waals surface area contributed by atoms with Crippen molar-refractivity contribution in [2.24, 2.45) is 0 Å². The van der Waals surface area contributed by atoms with Crippen LogP contribution in [0.5, 0.6) is 0 Å². The quantitative estimate of drug-likeness (QED) is 0.666. The number of thioether (sulfide) groups is 1. The van der Waals surface area contributed by atoms with Crippen molar-refractivity contribution in [2.45, 2.75) is 16.8 Å². The Hall–Kier alpha value is -1.69. The molecule has 1 unspecified atom stereocenters. The Morgan fingerprint density at radius 2 is 2.09 bits per heavy atom. The van der Waals surface area contributed by atoms with Gasteiger partial charge in [0.15, 0.2) is 0 Å². The number of imidazole rings is 1. The first kappa shape index (κ1) is 16.2. The number of nitrogens with two attached hydrogens (primary N) is 1. The van der Waals surface area contributed by atoms with Crippen LogP contribution in [0.25, 0.3) is 0 Å². The highest BCUT2D eigenvalue weighted by Crippen LogP contribution is 2.41. The number of benzene rings is 1. The molecule has 0 aliphatic rings. The summed E-state index contributed by atoms with van der Waals surface area (Å²) in [5.41, 5.74) is 7.66. The largest absolute Gasteiger partial charge is 0.397 e. The molecule has 0 aliphatic heterocycles. The molecule has 7 heteroatoms. The van der Waals surface area contributed by atoms with E-state index in [2.05, 4.69) is 9.97 Å². The van der Waals surface area contributed by atoms with Gasteiger partial charge in [-0.1, -0.05) is 41.0 Å². The van der Waals surface area contributed by atoms with E-state index in [0.717, 1.165) is 10.6 Å². The molecule has 23 heavy (non-hydrogen) atoms. The number of nitrogen functional groups attached to an aromatic ring is 1. The average molecular weight is 365 g/mol. The first-order valence-corrected chi connectivity index (χ1v) is 8.55. The van der Waals surface area contributed by atoms with Gasteiger partial charge in [0.25, 0.3) is 0 Å². The molecular weight excluding hydrogens is 351 g/mol. The molecule has 2 aromatic heterocycles. The van der Waals surface area contributed by atoms with E-state index in [0.29, 0.717) is 22.3 Å². The van der Waals surface area contributed by atoms with E-state index in [-0.39, 0.29) is 5.25 Å². The van der Waals surface area contributed by atoms with Crippen molar-refractivity contribution >= 4 is 40.7 Å². The van der Waals surface area contributed by atoms with Gasteiger partial charge in [-0.25, -0.2) is 9.97 Å². The van der Waals surface area contributed by atoms with Crippen molar-refractivity contribution in [2.75, 3.05) is 5.73 Å². The first-order chi connectivity index (χ1) is 11.1. The number of halogens is 2. The zero-order valence-corrected chi connectivity index (χ0v) is 14.4. The summed E-state index contributed by atoms with van der Waals surface area (Å²) >= 11 is 14.0. The van der Waals surface area contributed by atoms with Crippen LogP contribution in [0.1, 0.15) is 10.8 Å². The van der Waals surface area contributed by atoms with Gasteiger partial charge in [-0.3, -0.25) is 0 Å². The fraction of sp³-hybridized carbons (Fsp3) is 0.125. The number of hydrogen-bond donors (Lipinski definition) is 1. The zero-order chi connectivity index (χ0) is 16.2.